The molecule has 6 rings (SSSR count). The third-order valence-electron chi connectivity index (χ3n) is 7.75. The van der Waals surface area contributed by atoms with E-state index in [-0.39, 0.29) is 23.5 Å². The summed E-state index contributed by atoms with van der Waals surface area (Å²) in [5.74, 6) is 1.20. The van der Waals surface area contributed by atoms with E-state index in [2.05, 4.69) is 24.8 Å². The zero-order valence-corrected chi connectivity index (χ0v) is 22.4. The molecule has 0 atom stereocenters. The van der Waals surface area contributed by atoms with Crippen LogP contribution < -0.4 is 9.64 Å². The van der Waals surface area contributed by atoms with Crippen molar-refractivity contribution >= 4 is 17.4 Å². The average Bonchev–Trinajstić information content (AvgIpc) is 3.21. The zero-order valence-electron chi connectivity index (χ0n) is 21.7. The highest BCUT2D eigenvalue weighted by Crippen LogP contribution is 2.38. The van der Waals surface area contributed by atoms with Crippen molar-refractivity contribution in [3.63, 3.8) is 0 Å². The van der Waals surface area contributed by atoms with Crippen LogP contribution in [0.1, 0.15) is 36.0 Å². The molecule has 2 saturated heterocycles. The number of alkyl halides is 6. The van der Waals surface area contributed by atoms with Gasteiger partial charge in [-0.05, 0) is 48.7 Å². The molecular weight excluding hydrogens is 576 g/mol. The van der Waals surface area contributed by atoms with E-state index in [9.17, 15) is 26.3 Å². The molecule has 15 heteroatoms. The normalized spacial score (nSPS) is 19.4. The van der Waals surface area contributed by atoms with Crippen LogP contribution in [0, 0.1) is 0 Å². The fraction of sp³-hybridized carbons (Fsp3) is 0.500. The molecule has 41 heavy (non-hydrogen) atoms. The van der Waals surface area contributed by atoms with E-state index in [1.54, 1.807) is 11.0 Å². The summed E-state index contributed by atoms with van der Waals surface area (Å²) in [4.78, 5) is 9.41. The second-order valence-corrected chi connectivity index (χ2v) is 11.0. The van der Waals surface area contributed by atoms with Gasteiger partial charge in [-0.2, -0.15) is 13.2 Å². The van der Waals surface area contributed by atoms with E-state index < -0.39 is 19.1 Å². The molecule has 0 aliphatic carbocycles. The predicted octanol–water partition coefficient (Wildman–Crippen LogP) is 5.16. The number of hydrogen-bond acceptors (Lipinski definition) is 7. The van der Waals surface area contributed by atoms with Crippen molar-refractivity contribution in [1.82, 2.24) is 29.5 Å². The minimum Gasteiger partial charge on any atom is -0.402 e. The lowest BCUT2D eigenvalue weighted by molar-refractivity contribution is -0.274. The zero-order chi connectivity index (χ0) is 28.9. The Hall–Kier alpha value is -3.10. The molecule has 0 saturated carbocycles. The minimum absolute atomic E-state index is 0.0238. The van der Waals surface area contributed by atoms with Crippen LogP contribution >= 0.6 is 11.6 Å². The fourth-order valence-corrected chi connectivity index (χ4v) is 6.10. The number of anilines is 1. The summed E-state index contributed by atoms with van der Waals surface area (Å²) in [7, 11) is 0. The Labute approximate surface area is 236 Å². The number of rotatable bonds is 5. The molecule has 0 unspecified atom stereocenters. The highest BCUT2D eigenvalue weighted by Gasteiger charge is 2.41. The van der Waals surface area contributed by atoms with Crippen molar-refractivity contribution in [2.75, 3.05) is 37.6 Å². The summed E-state index contributed by atoms with van der Waals surface area (Å²) < 4.78 is 83.5. The summed E-state index contributed by atoms with van der Waals surface area (Å²) in [6.45, 7) is 1.48. The Balaban J connectivity index is 1.22. The Bertz CT molecular complexity index is 1400. The number of ether oxygens (including phenoxy) is 1. The maximum atomic E-state index is 12.9. The van der Waals surface area contributed by atoms with Gasteiger partial charge in [0.25, 0.3) is 0 Å². The van der Waals surface area contributed by atoms with Gasteiger partial charge >= 0.3 is 12.5 Å². The molecule has 2 fully saturated rings. The van der Waals surface area contributed by atoms with Crippen LogP contribution in [-0.4, -0.2) is 80.9 Å². The average molecular weight is 602 g/mol. The molecule has 3 aliphatic rings. The smallest absolute Gasteiger partial charge is 0.402 e. The fourth-order valence-electron chi connectivity index (χ4n) is 5.90. The number of pyridine rings is 1. The van der Waals surface area contributed by atoms with Crippen LogP contribution in [0.5, 0.6) is 5.75 Å². The molecule has 220 valence electrons. The molecule has 0 spiro atoms. The van der Waals surface area contributed by atoms with Crippen molar-refractivity contribution < 1.29 is 31.1 Å². The third-order valence-corrected chi connectivity index (χ3v) is 7.98. The largest absolute Gasteiger partial charge is 0.573 e. The number of likely N-dealkylation sites (tertiary alicyclic amines) is 1. The van der Waals surface area contributed by atoms with E-state index in [1.807, 2.05) is 16.7 Å². The number of fused-ring (bicyclic) bond motifs is 3. The summed E-state index contributed by atoms with van der Waals surface area (Å²) in [5.41, 5.74) is 1.79. The topological polar surface area (TPSA) is 62.5 Å². The van der Waals surface area contributed by atoms with E-state index in [1.165, 1.54) is 23.2 Å². The monoisotopic (exact) mass is 601 g/mol. The van der Waals surface area contributed by atoms with E-state index in [0.29, 0.717) is 63.0 Å². The Kier molecular flexibility index (Phi) is 7.27. The summed E-state index contributed by atoms with van der Waals surface area (Å²) in [6, 6.07) is 8.12. The van der Waals surface area contributed by atoms with Gasteiger partial charge in [-0.1, -0.05) is 11.6 Å². The number of aromatic nitrogens is 4. The molecule has 0 N–H and O–H groups in total. The van der Waals surface area contributed by atoms with Gasteiger partial charge in [0, 0.05) is 55.9 Å². The summed E-state index contributed by atoms with van der Waals surface area (Å²) in [6.07, 6.45) is -6.43. The second kappa shape index (κ2) is 10.6. The van der Waals surface area contributed by atoms with Crippen LogP contribution in [0.3, 0.4) is 0 Å². The van der Waals surface area contributed by atoms with Crippen molar-refractivity contribution in [3.05, 3.63) is 58.8 Å². The summed E-state index contributed by atoms with van der Waals surface area (Å²) >= 11 is 6.33. The molecule has 0 radical (unpaired) electrons. The standard InChI is InChI=1S/C26H26ClF6N7O/c27-18-3-4-20-17(10-18)11-39(19-12-37(13-19)15-25(28,29)30)14-22-35-36-23(40(20)22)16-5-8-38(9-6-16)24-21(2-1-7-34-24)41-26(31,32)33/h1-4,7,10,16,19H,5-6,8-9,11-15H2. The quantitative estimate of drug-likeness (QED) is 0.375. The van der Waals surface area contributed by atoms with Gasteiger partial charge in [-0.3, -0.25) is 14.4 Å². The van der Waals surface area contributed by atoms with E-state index in [4.69, 9.17) is 11.6 Å². The number of piperidine rings is 1. The van der Waals surface area contributed by atoms with Crippen LogP contribution in [0.4, 0.5) is 32.2 Å². The lowest BCUT2D eigenvalue weighted by atomic mass is 9.95. The maximum absolute atomic E-state index is 12.9. The van der Waals surface area contributed by atoms with Gasteiger partial charge in [0.2, 0.25) is 0 Å². The van der Waals surface area contributed by atoms with Crippen molar-refractivity contribution in [2.24, 2.45) is 0 Å². The number of hydrogen-bond donors (Lipinski definition) is 0. The lowest BCUT2D eigenvalue weighted by Gasteiger charge is -2.45. The minimum atomic E-state index is -4.82. The molecule has 0 amide bonds. The number of benzene rings is 1. The van der Waals surface area contributed by atoms with Gasteiger partial charge in [0.15, 0.2) is 17.4 Å². The molecule has 5 heterocycles. The number of halogens is 7. The Morgan fingerprint density at radius 3 is 2.44 bits per heavy atom. The van der Waals surface area contributed by atoms with Crippen LogP contribution in [0.15, 0.2) is 36.5 Å². The highest BCUT2D eigenvalue weighted by atomic mass is 35.5. The van der Waals surface area contributed by atoms with E-state index in [0.717, 1.165) is 17.1 Å². The Morgan fingerprint density at radius 1 is 0.976 bits per heavy atom. The third kappa shape index (κ3) is 6.09. The van der Waals surface area contributed by atoms with Crippen LogP contribution in [0.2, 0.25) is 5.02 Å². The van der Waals surface area contributed by atoms with Crippen molar-refractivity contribution in [1.29, 1.82) is 0 Å². The molecule has 3 aliphatic heterocycles. The molecule has 8 nitrogen and oxygen atoms in total. The van der Waals surface area contributed by atoms with Gasteiger partial charge < -0.3 is 9.64 Å². The number of nitrogens with zero attached hydrogens (tertiary/aromatic N) is 7. The van der Waals surface area contributed by atoms with Gasteiger partial charge in [0.05, 0.1) is 18.8 Å². The van der Waals surface area contributed by atoms with Gasteiger partial charge in [-0.25, -0.2) is 4.98 Å². The van der Waals surface area contributed by atoms with Gasteiger partial charge in [0.1, 0.15) is 5.82 Å². The van der Waals surface area contributed by atoms with Crippen molar-refractivity contribution in [2.45, 2.75) is 50.4 Å². The Morgan fingerprint density at radius 2 is 1.73 bits per heavy atom. The van der Waals surface area contributed by atoms with Crippen LogP contribution in [-0.2, 0) is 13.1 Å². The van der Waals surface area contributed by atoms with Crippen LogP contribution in [0.25, 0.3) is 5.69 Å². The molecule has 2 aromatic heterocycles. The summed E-state index contributed by atoms with van der Waals surface area (Å²) in [5, 5.41) is 9.57. The lowest BCUT2D eigenvalue weighted by Crippen LogP contribution is -2.60. The maximum Gasteiger partial charge on any atom is 0.573 e. The second-order valence-electron chi connectivity index (χ2n) is 10.6. The molecule has 0 bridgehead atoms. The molecule has 3 aromatic rings. The first kappa shape index (κ1) is 28.0. The van der Waals surface area contributed by atoms with Crippen molar-refractivity contribution in [3.8, 4) is 11.4 Å². The predicted molar refractivity (Wildman–Crippen MR) is 137 cm³/mol. The highest BCUT2D eigenvalue weighted by molar-refractivity contribution is 6.30. The molecular formula is C26H26ClF6N7O. The van der Waals surface area contributed by atoms with E-state index >= 15 is 0 Å². The SMILES string of the molecule is FC(F)(F)CN1CC(N2Cc3cc(Cl)ccc3-n3c(nnc3C3CCN(c4ncccc4OC(F)(F)F)CC3)C2)C1. The molecule has 1 aromatic carbocycles. The first-order valence-electron chi connectivity index (χ1n) is 13.2. The first-order valence-corrected chi connectivity index (χ1v) is 13.5. The van der Waals surface area contributed by atoms with Gasteiger partial charge in [-0.15, -0.1) is 23.4 Å². The first-order chi connectivity index (χ1) is 19.4.